The van der Waals surface area contributed by atoms with Crippen LogP contribution in [-0.2, 0) is 4.79 Å². The van der Waals surface area contributed by atoms with Crippen LogP contribution >= 0.6 is 24.0 Å². The van der Waals surface area contributed by atoms with Crippen LogP contribution in [0.15, 0.2) is 54.6 Å². The van der Waals surface area contributed by atoms with Crippen molar-refractivity contribution in [1.29, 1.82) is 0 Å². The third-order valence-electron chi connectivity index (χ3n) is 4.09. The summed E-state index contributed by atoms with van der Waals surface area (Å²) in [4.78, 5) is 16.3. The average molecular weight is 344 g/mol. The van der Waals surface area contributed by atoms with Gasteiger partial charge in [0.1, 0.15) is 17.2 Å². The molecule has 0 aromatic heterocycles. The maximum Gasteiger partial charge on any atom is 0.257 e. The van der Waals surface area contributed by atoms with Crippen LogP contribution < -0.4 is 4.90 Å². The predicted molar refractivity (Wildman–Crippen MR) is 93.8 cm³/mol. The van der Waals surface area contributed by atoms with Gasteiger partial charge in [0.2, 0.25) is 0 Å². The number of halogens is 1. The number of carbonyl (C=O) groups is 1. The van der Waals surface area contributed by atoms with Gasteiger partial charge in [-0.25, -0.2) is 4.39 Å². The Balaban J connectivity index is 1.68. The predicted octanol–water partition coefficient (Wildman–Crippen LogP) is 3.57. The molecule has 0 radical (unpaired) electrons. The molecule has 2 heterocycles. The number of rotatable bonds is 2. The molecule has 2 saturated heterocycles. The van der Waals surface area contributed by atoms with E-state index in [-0.39, 0.29) is 23.1 Å². The van der Waals surface area contributed by atoms with Gasteiger partial charge in [0.25, 0.3) is 5.91 Å². The highest BCUT2D eigenvalue weighted by molar-refractivity contribution is 7.99. The van der Waals surface area contributed by atoms with Gasteiger partial charge in [-0.05, 0) is 42.0 Å². The average Bonchev–Trinajstić information content (AvgIpc) is 3.10. The van der Waals surface area contributed by atoms with Crippen LogP contribution in [0, 0.1) is 5.82 Å². The molecule has 0 aliphatic carbocycles. The highest BCUT2D eigenvalue weighted by atomic mass is 32.2. The number of carbonyl (C=O) groups excluding carboxylic acids is 1. The molecular formula is C17H13FN2OS2. The Hall–Kier alpha value is -1.92. The molecule has 0 spiro atoms. The fourth-order valence-electron chi connectivity index (χ4n) is 2.99. The van der Waals surface area contributed by atoms with Crippen molar-refractivity contribution >= 4 is 40.7 Å². The van der Waals surface area contributed by atoms with Crippen molar-refractivity contribution < 1.29 is 9.18 Å². The summed E-state index contributed by atoms with van der Waals surface area (Å²) < 4.78 is 13.2. The fraction of sp³-hybridized carbons (Fsp3) is 0.176. The van der Waals surface area contributed by atoms with Crippen molar-refractivity contribution in [2.45, 2.75) is 11.4 Å². The number of hydrogen-bond acceptors (Lipinski definition) is 3. The molecule has 0 N–H and O–H groups in total. The minimum Gasteiger partial charge on any atom is -0.319 e. The maximum absolute atomic E-state index is 13.2. The first kappa shape index (κ1) is 14.7. The largest absolute Gasteiger partial charge is 0.319 e. The molecule has 116 valence electrons. The summed E-state index contributed by atoms with van der Waals surface area (Å²) in [6.45, 7) is 0. The SMILES string of the molecule is O=C1[C@H]2CS[C@@H](c3ccc(F)cc3)N2C(=S)N1c1ccccc1. The zero-order valence-corrected chi connectivity index (χ0v) is 13.7. The normalized spacial score (nSPS) is 23.5. The van der Waals surface area contributed by atoms with Crippen molar-refractivity contribution in [2.24, 2.45) is 0 Å². The summed E-state index contributed by atoms with van der Waals surface area (Å²) in [5, 5.41) is 0.469. The summed E-state index contributed by atoms with van der Waals surface area (Å²) >= 11 is 7.25. The van der Waals surface area contributed by atoms with Gasteiger partial charge < -0.3 is 4.90 Å². The number of para-hydroxylation sites is 1. The van der Waals surface area contributed by atoms with Gasteiger partial charge in [-0.15, -0.1) is 11.8 Å². The van der Waals surface area contributed by atoms with Crippen molar-refractivity contribution in [3.8, 4) is 0 Å². The summed E-state index contributed by atoms with van der Waals surface area (Å²) in [5.74, 6) is 0.433. The second-order valence-electron chi connectivity index (χ2n) is 5.45. The first-order valence-corrected chi connectivity index (χ1v) is 8.71. The van der Waals surface area contributed by atoms with Crippen molar-refractivity contribution in [1.82, 2.24) is 4.90 Å². The van der Waals surface area contributed by atoms with E-state index < -0.39 is 0 Å². The number of benzene rings is 2. The van der Waals surface area contributed by atoms with Crippen LogP contribution in [0.4, 0.5) is 10.1 Å². The monoisotopic (exact) mass is 344 g/mol. The molecule has 2 aromatic carbocycles. The minimum atomic E-state index is -0.265. The second kappa shape index (κ2) is 5.62. The standard InChI is InChI=1S/C17H13FN2OS2/c18-12-8-6-11(7-9-12)16-20-14(10-23-16)15(21)19(17(20)22)13-4-2-1-3-5-13/h1-9,14,16H,10H2/t14-,16+/m1/s1. The minimum absolute atomic E-state index is 0.0123. The van der Waals surface area contributed by atoms with Gasteiger partial charge in [0, 0.05) is 5.75 Å². The zero-order chi connectivity index (χ0) is 16.0. The van der Waals surface area contributed by atoms with Crippen LogP contribution in [-0.4, -0.2) is 27.7 Å². The van der Waals surface area contributed by atoms with E-state index in [4.69, 9.17) is 12.2 Å². The number of thiocarbonyl (C=S) groups is 1. The summed E-state index contributed by atoms with van der Waals surface area (Å²) in [6.07, 6.45) is 0. The zero-order valence-electron chi connectivity index (χ0n) is 12.1. The molecule has 1 amide bonds. The molecule has 4 rings (SSSR count). The van der Waals surface area contributed by atoms with Crippen molar-refractivity contribution in [3.05, 3.63) is 66.0 Å². The Morgan fingerprint density at radius 2 is 1.78 bits per heavy atom. The molecule has 2 aliphatic heterocycles. The molecule has 3 nitrogen and oxygen atoms in total. The lowest BCUT2D eigenvalue weighted by molar-refractivity contribution is -0.119. The summed E-state index contributed by atoms with van der Waals surface area (Å²) in [5.41, 5.74) is 1.75. The van der Waals surface area contributed by atoms with Crippen LogP contribution in [0.2, 0.25) is 0 Å². The molecule has 2 aromatic rings. The molecule has 23 heavy (non-hydrogen) atoms. The number of fused-ring (bicyclic) bond motifs is 1. The van der Waals surface area contributed by atoms with E-state index in [0.29, 0.717) is 10.9 Å². The first-order valence-electron chi connectivity index (χ1n) is 7.25. The Morgan fingerprint density at radius 3 is 2.48 bits per heavy atom. The third-order valence-corrected chi connectivity index (χ3v) is 5.80. The number of anilines is 1. The Labute approximate surface area is 143 Å². The lowest BCUT2D eigenvalue weighted by atomic mass is 10.2. The van der Waals surface area contributed by atoms with Crippen LogP contribution in [0.5, 0.6) is 0 Å². The Bertz CT molecular complexity index is 766. The Kier molecular flexibility index (Phi) is 3.58. The number of hydrogen-bond donors (Lipinski definition) is 0. The first-order chi connectivity index (χ1) is 11.2. The molecule has 6 heteroatoms. The van der Waals surface area contributed by atoms with Gasteiger partial charge in [-0.3, -0.25) is 9.69 Å². The molecule has 0 unspecified atom stereocenters. The molecule has 2 aliphatic rings. The number of thioether (sulfide) groups is 1. The van der Waals surface area contributed by atoms with Crippen molar-refractivity contribution in [3.63, 3.8) is 0 Å². The molecular weight excluding hydrogens is 331 g/mol. The summed E-state index contributed by atoms with van der Waals surface area (Å²) in [6, 6.07) is 15.6. The highest BCUT2D eigenvalue weighted by Gasteiger charge is 2.50. The van der Waals surface area contributed by atoms with Crippen molar-refractivity contribution in [2.75, 3.05) is 10.7 Å². The quantitative estimate of drug-likeness (QED) is 0.777. The van der Waals surface area contributed by atoms with Gasteiger partial charge in [-0.2, -0.15) is 0 Å². The lowest BCUT2D eigenvalue weighted by Gasteiger charge is -2.25. The van der Waals surface area contributed by atoms with Crippen LogP contribution in [0.25, 0.3) is 0 Å². The van der Waals surface area contributed by atoms with E-state index in [2.05, 4.69) is 0 Å². The van der Waals surface area contributed by atoms with E-state index in [1.807, 2.05) is 35.2 Å². The van der Waals surface area contributed by atoms with E-state index in [1.54, 1.807) is 28.8 Å². The van der Waals surface area contributed by atoms with Crippen LogP contribution in [0.1, 0.15) is 10.9 Å². The molecule has 0 bridgehead atoms. The van der Waals surface area contributed by atoms with E-state index >= 15 is 0 Å². The second-order valence-corrected chi connectivity index (χ2v) is 6.93. The topological polar surface area (TPSA) is 23.6 Å². The van der Waals surface area contributed by atoms with E-state index in [9.17, 15) is 9.18 Å². The lowest BCUT2D eigenvalue weighted by Crippen LogP contribution is -2.33. The van der Waals surface area contributed by atoms with E-state index in [1.165, 1.54) is 12.1 Å². The smallest absolute Gasteiger partial charge is 0.257 e. The third kappa shape index (κ3) is 2.33. The highest BCUT2D eigenvalue weighted by Crippen LogP contribution is 2.46. The fourth-order valence-corrected chi connectivity index (χ4v) is 4.91. The molecule has 2 fully saturated rings. The van der Waals surface area contributed by atoms with Gasteiger partial charge in [0.15, 0.2) is 5.11 Å². The van der Waals surface area contributed by atoms with Gasteiger partial charge >= 0.3 is 0 Å². The molecule has 0 saturated carbocycles. The van der Waals surface area contributed by atoms with Gasteiger partial charge in [-0.1, -0.05) is 30.3 Å². The summed E-state index contributed by atoms with van der Waals surface area (Å²) in [7, 11) is 0. The molecule has 2 atom stereocenters. The van der Waals surface area contributed by atoms with Gasteiger partial charge in [0.05, 0.1) is 5.69 Å². The van der Waals surface area contributed by atoms with Crippen LogP contribution in [0.3, 0.4) is 0 Å². The maximum atomic E-state index is 13.2. The number of nitrogens with zero attached hydrogens (tertiary/aromatic N) is 2. The Morgan fingerprint density at radius 1 is 1.09 bits per heavy atom. The van der Waals surface area contributed by atoms with E-state index in [0.717, 1.165) is 11.3 Å². The number of amides is 1.